The molecule has 0 saturated carbocycles. The zero-order valence-corrected chi connectivity index (χ0v) is 22.6. The van der Waals surface area contributed by atoms with E-state index >= 15 is 0 Å². The fraction of sp³-hybridized carbons (Fsp3) is 0.0800. The minimum absolute atomic E-state index is 0.156. The molecule has 1 saturated heterocycles. The van der Waals surface area contributed by atoms with Crippen LogP contribution >= 0.6 is 57.6 Å². The SMILES string of the molecule is COc1cc(/C=C2\SC(=O)N(Cc3ccc(I)cc3)C2=O)ccc1OC(=O)c1ccc(Cl)cc1Cl. The van der Waals surface area contributed by atoms with Crippen molar-refractivity contribution in [3.8, 4) is 11.5 Å². The first-order valence-electron chi connectivity index (χ1n) is 10.1. The standard InChI is InChI=1S/C25H16Cl2INO5S/c1-33-21-10-15(4-9-20(21)34-24(31)18-8-5-16(26)12-19(18)27)11-22-23(30)29(25(32)35-22)13-14-2-6-17(28)7-3-14/h2-12H,13H2,1H3/b22-11-. The number of ether oxygens (including phenoxy) is 2. The molecule has 4 rings (SSSR count). The number of hydrogen-bond acceptors (Lipinski definition) is 6. The highest BCUT2D eigenvalue weighted by Gasteiger charge is 2.35. The predicted molar refractivity (Wildman–Crippen MR) is 145 cm³/mol. The maximum atomic E-state index is 12.9. The smallest absolute Gasteiger partial charge is 0.345 e. The molecule has 10 heteroatoms. The minimum Gasteiger partial charge on any atom is -0.493 e. The number of carbonyl (C=O) groups excluding carboxylic acids is 3. The van der Waals surface area contributed by atoms with Gasteiger partial charge in [-0.15, -0.1) is 0 Å². The van der Waals surface area contributed by atoms with Crippen LogP contribution in [0.4, 0.5) is 4.79 Å². The predicted octanol–water partition coefficient (Wildman–Crippen LogP) is 7.06. The first-order valence-corrected chi connectivity index (χ1v) is 12.8. The fourth-order valence-electron chi connectivity index (χ4n) is 3.23. The highest BCUT2D eigenvalue weighted by Crippen LogP contribution is 2.36. The molecule has 0 N–H and O–H groups in total. The summed E-state index contributed by atoms with van der Waals surface area (Å²) in [7, 11) is 1.43. The molecule has 0 bridgehead atoms. The molecule has 1 aliphatic heterocycles. The molecule has 0 aromatic heterocycles. The molecule has 0 atom stereocenters. The highest BCUT2D eigenvalue weighted by molar-refractivity contribution is 14.1. The van der Waals surface area contributed by atoms with Gasteiger partial charge >= 0.3 is 5.97 Å². The van der Waals surface area contributed by atoms with E-state index in [0.717, 1.165) is 20.9 Å². The molecule has 1 fully saturated rings. The summed E-state index contributed by atoms with van der Waals surface area (Å²) in [5.74, 6) is -0.595. The third-order valence-corrected chi connectivity index (χ3v) is 7.14. The topological polar surface area (TPSA) is 72.9 Å². The van der Waals surface area contributed by atoms with Crippen LogP contribution in [-0.4, -0.2) is 29.1 Å². The molecule has 6 nitrogen and oxygen atoms in total. The van der Waals surface area contributed by atoms with Crippen molar-refractivity contribution in [1.29, 1.82) is 0 Å². The number of nitrogens with zero attached hydrogens (tertiary/aromatic N) is 1. The number of methoxy groups -OCH3 is 1. The second kappa shape index (κ2) is 11.0. The van der Waals surface area contributed by atoms with Gasteiger partial charge in [-0.2, -0.15) is 0 Å². The van der Waals surface area contributed by atoms with E-state index in [1.165, 1.54) is 30.2 Å². The molecule has 178 valence electrons. The Bertz CT molecular complexity index is 1360. The Morgan fingerprint density at radius 1 is 1.03 bits per heavy atom. The van der Waals surface area contributed by atoms with Crippen molar-refractivity contribution in [3.63, 3.8) is 0 Å². The lowest BCUT2D eigenvalue weighted by Crippen LogP contribution is -2.27. The van der Waals surface area contributed by atoms with Crippen LogP contribution in [0.25, 0.3) is 6.08 Å². The van der Waals surface area contributed by atoms with Crippen LogP contribution in [0, 0.1) is 3.57 Å². The zero-order valence-electron chi connectivity index (χ0n) is 18.1. The van der Waals surface area contributed by atoms with E-state index in [9.17, 15) is 14.4 Å². The Hall–Kier alpha value is -2.53. The van der Waals surface area contributed by atoms with Crippen molar-refractivity contribution in [2.24, 2.45) is 0 Å². The summed E-state index contributed by atoms with van der Waals surface area (Å²) in [5, 5.41) is 0.229. The number of hydrogen-bond donors (Lipinski definition) is 0. The average Bonchev–Trinajstić information content (AvgIpc) is 3.08. The van der Waals surface area contributed by atoms with E-state index in [0.29, 0.717) is 15.5 Å². The maximum Gasteiger partial charge on any atom is 0.345 e. The van der Waals surface area contributed by atoms with Crippen LogP contribution in [0.1, 0.15) is 21.5 Å². The summed E-state index contributed by atoms with van der Waals surface area (Å²) < 4.78 is 11.9. The Labute approximate surface area is 229 Å². The number of imide groups is 1. The molecule has 3 aromatic rings. The van der Waals surface area contributed by atoms with Gasteiger partial charge in [0, 0.05) is 8.59 Å². The summed E-state index contributed by atoms with van der Waals surface area (Å²) in [6.45, 7) is 0.199. The van der Waals surface area contributed by atoms with E-state index in [2.05, 4.69) is 22.6 Å². The van der Waals surface area contributed by atoms with Gasteiger partial charge in [0.05, 0.1) is 29.1 Å². The lowest BCUT2D eigenvalue weighted by Gasteiger charge is -2.12. The van der Waals surface area contributed by atoms with E-state index in [1.54, 1.807) is 24.3 Å². The van der Waals surface area contributed by atoms with Gasteiger partial charge in [0.2, 0.25) is 0 Å². The quantitative estimate of drug-likeness (QED) is 0.124. The number of amides is 2. The molecule has 0 aliphatic carbocycles. The number of esters is 1. The van der Waals surface area contributed by atoms with Gasteiger partial charge in [0.25, 0.3) is 11.1 Å². The van der Waals surface area contributed by atoms with Crippen LogP contribution in [0.5, 0.6) is 11.5 Å². The molecule has 0 radical (unpaired) electrons. The van der Waals surface area contributed by atoms with Gasteiger partial charge < -0.3 is 9.47 Å². The van der Waals surface area contributed by atoms with Crippen LogP contribution in [-0.2, 0) is 11.3 Å². The lowest BCUT2D eigenvalue weighted by molar-refractivity contribution is -0.123. The van der Waals surface area contributed by atoms with Crippen molar-refractivity contribution >= 4 is 80.7 Å². The molecule has 3 aromatic carbocycles. The van der Waals surface area contributed by atoms with Crippen molar-refractivity contribution in [2.75, 3.05) is 7.11 Å². The Morgan fingerprint density at radius 2 is 1.77 bits per heavy atom. The molecule has 1 heterocycles. The monoisotopic (exact) mass is 639 g/mol. The number of carbonyl (C=O) groups is 3. The summed E-state index contributed by atoms with van der Waals surface area (Å²) in [4.78, 5) is 39.4. The lowest BCUT2D eigenvalue weighted by atomic mass is 10.1. The van der Waals surface area contributed by atoms with E-state index < -0.39 is 5.97 Å². The molecule has 0 spiro atoms. The number of halogens is 3. The van der Waals surface area contributed by atoms with Gasteiger partial charge in [0.15, 0.2) is 11.5 Å². The third-order valence-electron chi connectivity index (χ3n) is 4.97. The van der Waals surface area contributed by atoms with Crippen molar-refractivity contribution in [2.45, 2.75) is 6.54 Å². The Kier molecular flexibility index (Phi) is 8.05. The minimum atomic E-state index is -0.672. The van der Waals surface area contributed by atoms with Gasteiger partial charge in [-0.05, 0) is 94.0 Å². The molecular weight excluding hydrogens is 624 g/mol. The maximum absolute atomic E-state index is 12.9. The Morgan fingerprint density at radius 3 is 2.46 bits per heavy atom. The molecule has 0 unspecified atom stereocenters. The molecule has 1 aliphatic rings. The van der Waals surface area contributed by atoms with Crippen molar-refractivity contribution in [1.82, 2.24) is 4.90 Å². The van der Waals surface area contributed by atoms with E-state index in [-0.39, 0.29) is 39.8 Å². The van der Waals surface area contributed by atoms with Gasteiger partial charge in [0.1, 0.15) is 0 Å². The largest absolute Gasteiger partial charge is 0.493 e. The first kappa shape index (κ1) is 25.6. The van der Waals surface area contributed by atoms with Gasteiger partial charge in [-0.1, -0.05) is 41.4 Å². The number of benzene rings is 3. The van der Waals surface area contributed by atoms with E-state index in [4.69, 9.17) is 32.7 Å². The number of thioether (sulfide) groups is 1. The summed E-state index contributed by atoms with van der Waals surface area (Å²) in [6.07, 6.45) is 1.60. The van der Waals surface area contributed by atoms with Crippen LogP contribution in [0.2, 0.25) is 10.0 Å². The van der Waals surface area contributed by atoms with Gasteiger partial charge in [-0.25, -0.2) is 4.79 Å². The third kappa shape index (κ3) is 6.00. The van der Waals surface area contributed by atoms with Crippen LogP contribution in [0.3, 0.4) is 0 Å². The summed E-state index contributed by atoms with van der Waals surface area (Å²) in [5.41, 5.74) is 1.62. The van der Waals surface area contributed by atoms with Gasteiger partial charge in [-0.3, -0.25) is 14.5 Å². The zero-order chi connectivity index (χ0) is 25.1. The molecule has 2 amide bonds. The van der Waals surface area contributed by atoms with E-state index in [1.807, 2.05) is 24.3 Å². The second-order valence-electron chi connectivity index (χ2n) is 7.32. The normalized spacial score (nSPS) is 14.5. The molecular formula is C25H16Cl2INO5S. The summed E-state index contributed by atoms with van der Waals surface area (Å²) in [6, 6.07) is 16.9. The molecule has 35 heavy (non-hydrogen) atoms. The second-order valence-corrected chi connectivity index (χ2v) is 10.4. The van der Waals surface area contributed by atoms with Crippen LogP contribution in [0.15, 0.2) is 65.6 Å². The number of rotatable bonds is 6. The van der Waals surface area contributed by atoms with Crippen molar-refractivity contribution in [3.05, 3.63) is 95.9 Å². The average molecular weight is 640 g/mol. The summed E-state index contributed by atoms with van der Waals surface area (Å²) >= 11 is 15.0. The highest BCUT2D eigenvalue weighted by atomic mass is 127. The van der Waals surface area contributed by atoms with Crippen LogP contribution < -0.4 is 9.47 Å². The Balaban J connectivity index is 1.52. The van der Waals surface area contributed by atoms with Crippen molar-refractivity contribution < 1.29 is 23.9 Å². The first-order chi connectivity index (χ1) is 16.7. The fourth-order valence-corrected chi connectivity index (χ4v) is 4.91.